The number of nitrogens with one attached hydrogen (secondary N) is 2. The van der Waals surface area contributed by atoms with Crippen molar-refractivity contribution in [3.63, 3.8) is 0 Å². The smallest absolute Gasteiger partial charge is 0.321 e. The first kappa shape index (κ1) is 16.4. The molecule has 0 bridgehead atoms. The molecule has 20 heavy (non-hydrogen) atoms. The fourth-order valence-electron chi connectivity index (χ4n) is 2.56. The van der Waals surface area contributed by atoms with Gasteiger partial charge in [0.2, 0.25) is 5.91 Å². The third-order valence-electron chi connectivity index (χ3n) is 3.73. The molecule has 3 N–H and O–H groups in total. The summed E-state index contributed by atoms with van der Waals surface area (Å²) in [4.78, 5) is 36.2. The van der Waals surface area contributed by atoms with Crippen LogP contribution in [0.1, 0.15) is 33.6 Å². The zero-order chi connectivity index (χ0) is 15.3. The van der Waals surface area contributed by atoms with Gasteiger partial charge in [0, 0.05) is 19.1 Å². The molecule has 0 aliphatic carbocycles. The molecule has 3 amide bonds. The zero-order valence-corrected chi connectivity index (χ0v) is 12.2. The minimum atomic E-state index is -0.782. The van der Waals surface area contributed by atoms with Crippen LogP contribution in [0.4, 0.5) is 4.79 Å². The number of carbonyl (C=O) groups is 3. The van der Waals surface area contributed by atoms with Crippen LogP contribution in [0.25, 0.3) is 0 Å². The summed E-state index contributed by atoms with van der Waals surface area (Å²) >= 11 is 0. The Kier molecular flexibility index (Phi) is 5.94. The molecular weight excluding hydrogens is 262 g/mol. The van der Waals surface area contributed by atoms with Crippen molar-refractivity contribution in [3.8, 4) is 0 Å². The number of amides is 3. The van der Waals surface area contributed by atoms with Crippen LogP contribution in [0.3, 0.4) is 0 Å². The summed E-state index contributed by atoms with van der Waals surface area (Å²) in [7, 11) is 0. The van der Waals surface area contributed by atoms with Crippen LogP contribution in [-0.2, 0) is 9.59 Å². The number of aliphatic carboxylic acids is 1. The monoisotopic (exact) mass is 285 g/mol. The van der Waals surface area contributed by atoms with E-state index in [1.807, 2.05) is 11.8 Å². The molecular formula is C13H23N3O4. The molecule has 7 nitrogen and oxygen atoms in total. The molecule has 0 spiro atoms. The Balaban J connectivity index is 2.55. The maximum Gasteiger partial charge on any atom is 0.321 e. The maximum atomic E-state index is 12.0. The highest BCUT2D eigenvalue weighted by Crippen LogP contribution is 2.24. The van der Waals surface area contributed by atoms with E-state index in [4.69, 9.17) is 5.11 Å². The minimum Gasteiger partial charge on any atom is -0.481 e. The summed E-state index contributed by atoms with van der Waals surface area (Å²) < 4.78 is 0. The molecule has 0 radical (unpaired) electrons. The predicted molar refractivity (Wildman–Crippen MR) is 73.2 cm³/mol. The van der Waals surface area contributed by atoms with Gasteiger partial charge in [0.05, 0.1) is 12.0 Å². The van der Waals surface area contributed by atoms with Gasteiger partial charge in [-0.15, -0.1) is 0 Å². The first-order valence-corrected chi connectivity index (χ1v) is 6.94. The van der Waals surface area contributed by atoms with Crippen molar-refractivity contribution in [2.45, 2.75) is 45.7 Å². The molecule has 0 aromatic rings. The van der Waals surface area contributed by atoms with E-state index in [9.17, 15) is 14.4 Å². The molecule has 1 fully saturated rings. The molecule has 0 aromatic heterocycles. The average molecular weight is 285 g/mol. The summed E-state index contributed by atoms with van der Waals surface area (Å²) in [6, 6.07) is -0.959. The van der Waals surface area contributed by atoms with Gasteiger partial charge in [0.25, 0.3) is 0 Å². The first-order chi connectivity index (χ1) is 9.36. The molecule has 1 aliphatic heterocycles. The van der Waals surface area contributed by atoms with Gasteiger partial charge in [-0.05, 0) is 33.6 Å². The summed E-state index contributed by atoms with van der Waals surface area (Å²) in [6.07, 6.45) is 1.05. The number of hydrogen-bond donors (Lipinski definition) is 3. The lowest BCUT2D eigenvalue weighted by Crippen LogP contribution is -2.54. The third-order valence-corrected chi connectivity index (χ3v) is 3.73. The number of likely N-dealkylation sites (tertiary alicyclic amines) is 1. The van der Waals surface area contributed by atoms with Crippen LogP contribution in [0.2, 0.25) is 0 Å². The number of carboxylic acids is 1. The van der Waals surface area contributed by atoms with Crippen LogP contribution in [0.5, 0.6) is 0 Å². The van der Waals surface area contributed by atoms with Gasteiger partial charge in [0.1, 0.15) is 0 Å². The van der Waals surface area contributed by atoms with E-state index in [2.05, 4.69) is 10.6 Å². The SMILES string of the molecule is CCNC(=O)NC(=O)C(C)N1CCC(C(=O)O)CC1C. The predicted octanol–water partition coefficient (Wildman–Crippen LogP) is 0.406. The number of rotatable bonds is 4. The molecule has 0 aromatic carbocycles. The van der Waals surface area contributed by atoms with Crippen LogP contribution in [0.15, 0.2) is 0 Å². The molecule has 1 heterocycles. The van der Waals surface area contributed by atoms with E-state index in [0.29, 0.717) is 25.9 Å². The van der Waals surface area contributed by atoms with Gasteiger partial charge >= 0.3 is 12.0 Å². The highest BCUT2D eigenvalue weighted by Gasteiger charge is 2.34. The number of hydrogen-bond acceptors (Lipinski definition) is 4. The van der Waals surface area contributed by atoms with Gasteiger partial charge in [-0.25, -0.2) is 4.79 Å². The van der Waals surface area contributed by atoms with Crippen molar-refractivity contribution in [1.82, 2.24) is 15.5 Å². The van der Waals surface area contributed by atoms with Crippen molar-refractivity contribution >= 4 is 17.9 Å². The number of piperidine rings is 1. The van der Waals surface area contributed by atoms with Crippen LogP contribution in [0, 0.1) is 5.92 Å². The molecule has 1 aliphatic rings. The van der Waals surface area contributed by atoms with Gasteiger partial charge in [-0.1, -0.05) is 0 Å². The summed E-state index contributed by atoms with van der Waals surface area (Å²) in [5.41, 5.74) is 0. The highest BCUT2D eigenvalue weighted by molar-refractivity contribution is 5.96. The lowest BCUT2D eigenvalue weighted by Gasteiger charge is -2.39. The van der Waals surface area contributed by atoms with E-state index >= 15 is 0 Å². The minimum absolute atomic E-state index is 0.000152. The topological polar surface area (TPSA) is 98.7 Å². The van der Waals surface area contributed by atoms with E-state index in [1.165, 1.54) is 0 Å². The molecule has 114 valence electrons. The molecule has 3 unspecified atom stereocenters. The lowest BCUT2D eigenvalue weighted by atomic mass is 9.90. The van der Waals surface area contributed by atoms with Crippen LogP contribution in [-0.4, -0.2) is 53.1 Å². The van der Waals surface area contributed by atoms with Gasteiger partial charge in [-0.2, -0.15) is 0 Å². The van der Waals surface area contributed by atoms with Crippen molar-refractivity contribution < 1.29 is 19.5 Å². The first-order valence-electron chi connectivity index (χ1n) is 6.94. The number of carboxylic acid groups (broad SMARTS) is 1. The van der Waals surface area contributed by atoms with E-state index < -0.39 is 18.0 Å². The van der Waals surface area contributed by atoms with Crippen LogP contribution >= 0.6 is 0 Å². The fourth-order valence-corrected chi connectivity index (χ4v) is 2.56. The Morgan fingerprint density at radius 1 is 1.40 bits per heavy atom. The lowest BCUT2D eigenvalue weighted by molar-refractivity contribution is -0.144. The van der Waals surface area contributed by atoms with Gasteiger partial charge < -0.3 is 10.4 Å². The summed E-state index contributed by atoms with van der Waals surface area (Å²) in [5.74, 6) is -1.49. The third kappa shape index (κ3) is 4.19. The zero-order valence-electron chi connectivity index (χ0n) is 12.2. The van der Waals surface area contributed by atoms with Gasteiger partial charge in [-0.3, -0.25) is 19.8 Å². The van der Waals surface area contributed by atoms with E-state index in [1.54, 1.807) is 13.8 Å². The second-order valence-electron chi connectivity index (χ2n) is 5.17. The number of carbonyl (C=O) groups excluding carboxylic acids is 2. The second-order valence-corrected chi connectivity index (χ2v) is 5.17. The number of imide groups is 1. The van der Waals surface area contributed by atoms with E-state index in [-0.39, 0.29) is 17.9 Å². The van der Waals surface area contributed by atoms with Crippen molar-refractivity contribution in [2.75, 3.05) is 13.1 Å². The molecule has 1 saturated heterocycles. The molecule has 3 atom stereocenters. The highest BCUT2D eigenvalue weighted by atomic mass is 16.4. The Labute approximate surface area is 118 Å². The van der Waals surface area contributed by atoms with Crippen LogP contribution < -0.4 is 10.6 Å². The molecule has 1 rings (SSSR count). The van der Waals surface area contributed by atoms with Crippen molar-refractivity contribution in [3.05, 3.63) is 0 Å². The largest absolute Gasteiger partial charge is 0.481 e. The summed E-state index contributed by atoms with van der Waals surface area (Å²) in [5, 5.41) is 13.8. The van der Waals surface area contributed by atoms with Crippen molar-refractivity contribution in [2.24, 2.45) is 5.92 Å². The van der Waals surface area contributed by atoms with Crippen molar-refractivity contribution in [1.29, 1.82) is 0 Å². The number of urea groups is 1. The molecule has 0 saturated carbocycles. The van der Waals surface area contributed by atoms with E-state index in [0.717, 1.165) is 0 Å². The normalized spacial score (nSPS) is 24.8. The molecule has 7 heteroatoms. The Morgan fingerprint density at radius 2 is 2.05 bits per heavy atom. The maximum absolute atomic E-state index is 12.0. The Morgan fingerprint density at radius 3 is 2.55 bits per heavy atom. The Hall–Kier alpha value is -1.63. The summed E-state index contributed by atoms with van der Waals surface area (Å²) in [6.45, 7) is 6.40. The number of nitrogens with zero attached hydrogens (tertiary/aromatic N) is 1. The van der Waals surface area contributed by atoms with Gasteiger partial charge in [0.15, 0.2) is 0 Å². The quantitative estimate of drug-likeness (QED) is 0.694. The standard InChI is InChI=1S/C13H23N3O4/c1-4-14-13(20)15-11(17)9(3)16-6-5-10(12(18)19)7-8(16)2/h8-10H,4-7H2,1-3H3,(H,18,19)(H2,14,15,17,20). The average Bonchev–Trinajstić information content (AvgIpc) is 2.37. The Bertz CT molecular complexity index is 386. The second kappa shape index (κ2) is 7.23. The fraction of sp³-hybridized carbons (Fsp3) is 0.769.